The number of aryl methyl sites for hydroxylation is 4. The van der Waals surface area contributed by atoms with Gasteiger partial charge in [0.25, 0.3) is 0 Å². The van der Waals surface area contributed by atoms with Gasteiger partial charge in [-0.05, 0) is 90.4 Å². The van der Waals surface area contributed by atoms with Crippen LogP contribution in [0.5, 0.6) is 0 Å². The number of nitrogens with zero attached hydrogens (tertiary/aromatic N) is 2. The summed E-state index contributed by atoms with van der Waals surface area (Å²) in [4.78, 5) is 4.74. The van der Waals surface area contributed by atoms with Gasteiger partial charge >= 0.3 is 0 Å². The van der Waals surface area contributed by atoms with Crippen LogP contribution in [0.4, 0.5) is 0 Å². The van der Waals surface area contributed by atoms with E-state index in [1.165, 1.54) is 32.7 Å². The Morgan fingerprint density at radius 2 is 1.31 bits per heavy atom. The molecule has 0 unspecified atom stereocenters. The third-order valence-electron chi connectivity index (χ3n) is 6.23. The van der Waals surface area contributed by atoms with E-state index in [1.807, 2.05) is 20.0 Å². The highest BCUT2D eigenvalue weighted by Gasteiger charge is 2.11. The first-order chi connectivity index (χ1) is 15.4. The molecule has 0 atom stereocenters. The SMILES string of the molecule is Cc1cc(C)cc(-c2nccc3c2ccc2cc(-c4cc(C)c(C#N)c(C)c4)ccc23)c1. The lowest BCUT2D eigenvalue weighted by Crippen LogP contribution is -1.91. The minimum atomic E-state index is 0.770. The highest BCUT2D eigenvalue weighted by atomic mass is 14.7. The third-order valence-corrected chi connectivity index (χ3v) is 6.23. The summed E-state index contributed by atoms with van der Waals surface area (Å²) < 4.78 is 0. The molecule has 0 radical (unpaired) electrons. The van der Waals surface area contributed by atoms with Gasteiger partial charge in [-0.2, -0.15) is 5.26 Å². The van der Waals surface area contributed by atoms with Gasteiger partial charge in [0.1, 0.15) is 0 Å². The van der Waals surface area contributed by atoms with Crippen molar-refractivity contribution in [2.24, 2.45) is 0 Å². The number of nitriles is 1. The van der Waals surface area contributed by atoms with Crippen LogP contribution >= 0.6 is 0 Å². The van der Waals surface area contributed by atoms with Crippen LogP contribution in [0.1, 0.15) is 27.8 Å². The van der Waals surface area contributed by atoms with Gasteiger partial charge in [-0.3, -0.25) is 4.98 Å². The molecule has 0 bridgehead atoms. The molecule has 154 valence electrons. The van der Waals surface area contributed by atoms with Crippen molar-refractivity contribution in [2.45, 2.75) is 27.7 Å². The molecule has 2 heteroatoms. The topological polar surface area (TPSA) is 36.7 Å². The summed E-state index contributed by atoms with van der Waals surface area (Å²) in [5, 5.41) is 14.2. The van der Waals surface area contributed by atoms with Crippen LogP contribution in [0.3, 0.4) is 0 Å². The van der Waals surface area contributed by atoms with Crippen LogP contribution in [0, 0.1) is 39.0 Å². The monoisotopic (exact) mass is 412 g/mol. The van der Waals surface area contributed by atoms with E-state index in [-0.39, 0.29) is 0 Å². The van der Waals surface area contributed by atoms with Gasteiger partial charge in [0.05, 0.1) is 17.3 Å². The van der Waals surface area contributed by atoms with E-state index in [2.05, 4.69) is 86.6 Å². The molecule has 0 aliphatic carbocycles. The Balaban J connectivity index is 1.68. The highest BCUT2D eigenvalue weighted by molar-refractivity contribution is 6.11. The highest BCUT2D eigenvalue weighted by Crippen LogP contribution is 2.35. The maximum absolute atomic E-state index is 9.38. The second kappa shape index (κ2) is 7.62. The fourth-order valence-electron chi connectivity index (χ4n) is 4.82. The molecule has 32 heavy (non-hydrogen) atoms. The maximum Gasteiger partial charge on any atom is 0.0997 e. The molecule has 4 aromatic carbocycles. The van der Waals surface area contributed by atoms with Crippen molar-refractivity contribution in [1.29, 1.82) is 5.26 Å². The van der Waals surface area contributed by atoms with E-state index in [0.29, 0.717) is 0 Å². The number of benzene rings is 4. The van der Waals surface area contributed by atoms with E-state index in [4.69, 9.17) is 4.98 Å². The summed E-state index contributed by atoms with van der Waals surface area (Å²) in [5.74, 6) is 0. The van der Waals surface area contributed by atoms with E-state index in [9.17, 15) is 5.26 Å². The fourth-order valence-corrected chi connectivity index (χ4v) is 4.82. The van der Waals surface area contributed by atoms with Gasteiger partial charge in [0, 0.05) is 17.1 Å². The quantitative estimate of drug-likeness (QED) is 0.277. The third kappa shape index (κ3) is 3.33. The van der Waals surface area contributed by atoms with E-state index < -0.39 is 0 Å². The van der Waals surface area contributed by atoms with Gasteiger partial charge in [0.2, 0.25) is 0 Å². The first-order valence-electron chi connectivity index (χ1n) is 10.9. The number of pyridine rings is 1. The minimum Gasteiger partial charge on any atom is -0.256 e. The second-order valence-electron chi connectivity index (χ2n) is 8.73. The molecular formula is C30H24N2. The van der Waals surface area contributed by atoms with Crippen LogP contribution < -0.4 is 0 Å². The molecule has 0 spiro atoms. The van der Waals surface area contributed by atoms with Crippen molar-refractivity contribution in [2.75, 3.05) is 0 Å². The van der Waals surface area contributed by atoms with Gasteiger partial charge in [-0.1, -0.05) is 53.6 Å². The Labute approximate surface area is 188 Å². The Bertz CT molecular complexity index is 1530. The second-order valence-corrected chi connectivity index (χ2v) is 8.73. The first-order valence-corrected chi connectivity index (χ1v) is 10.9. The van der Waals surface area contributed by atoms with Gasteiger partial charge < -0.3 is 0 Å². The summed E-state index contributed by atoms with van der Waals surface area (Å²) in [5.41, 5.74) is 9.80. The van der Waals surface area contributed by atoms with Crippen molar-refractivity contribution < 1.29 is 0 Å². The number of hydrogen-bond donors (Lipinski definition) is 0. The fraction of sp³-hybridized carbons (Fsp3) is 0.133. The van der Waals surface area contributed by atoms with Gasteiger partial charge in [-0.25, -0.2) is 0 Å². The Hall–Kier alpha value is -3.96. The summed E-state index contributed by atoms with van der Waals surface area (Å²) in [6.45, 7) is 8.27. The zero-order valence-corrected chi connectivity index (χ0v) is 18.8. The zero-order chi connectivity index (χ0) is 22.4. The predicted octanol–water partition coefficient (Wildman–Crippen LogP) is 7.83. The molecule has 1 heterocycles. The normalized spacial score (nSPS) is 11.1. The summed E-state index contributed by atoms with van der Waals surface area (Å²) in [7, 11) is 0. The van der Waals surface area contributed by atoms with Crippen LogP contribution in [0.25, 0.3) is 43.9 Å². The van der Waals surface area contributed by atoms with E-state index in [1.54, 1.807) is 0 Å². The molecule has 0 fully saturated rings. The Morgan fingerprint density at radius 1 is 0.625 bits per heavy atom. The minimum absolute atomic E-state index is 0.770. The average Bonchev–Trinajstić information content (AvgIpc) is 2.77. The Morgan fingerprint density at radius 3 is 2.00 bits per heavy atom. The summed E-state index contributed by atoms with van der Waals surface area (Å²) >= 11 is 0. The lowest BCUT2D eigenvalue weighted by molar-refractivity contribution is 1.32. The van der Waals surface area contributed by atoms with Gasteiger partial charge in [-0.15, -0.1) is 0 Å². The molecule has 0 N–H and O–H groups in total. The smallest absolute Gasteiger partial charge is 0.0997 e. The van der Waals surface area contributed by atoms with Crippen molar-refractivity contribution in [3.05, 3.63) is 101 Å². The molecule has 1 aromatic heterocycles. The summed E-state index contributed by atoms with van der Waals surface area (Å²) in [6.07, 6.45) is 1.91. The summed E-state index contributed by atoms with van der Waals surface area (Å²) in [6, 6.07) is 26.3. The van der Waals surface area contributed by atoms with Crippen LogP contribution in [-0.2, 0) is 0 Å². The largest absolute Gasteiger partial charge is 0.256 e. The number of aromatic nitrogens is 1. The standard InChI is InChI=1S/C30H24N2/c1-18-11-19(2)13-25(12-18)30-28-8-6-23-16-22(5-7-26(23)27(28)9-10-32-30)24-14-20(3)29(17-31)21(4)15-24/h5-16H,1-4H3. The number of fused-ring (bicyclic) bond motifs is 3. The first kappa shape index (κ1) is 20.0. The van der Waals surface area contributed by atoms with Crippen molar-refractivity contribution >= 4 is 21.5 Å². The van der Waals surface area contributed by atoms with E-state index >= 15 is 0 Å². The molecule has 0 amide bonds. The lowest BCUT2D eigenvalue weighted by Gasteiger charge is -2.12. The van der Waals surface area contributed by atoms with E-state index in [0.717, 1.165) is 39.1 Å². The predicted molar refractivity (Wildman–Crippen MR) is 134 cm³/mol. The number of hydrogen-bond acceptors (Lipinski definition) is 2. The van der Waals surface area contributed by atoms with Crippen molar-refractivity contribution in [3.63, 3.8) is 0 Å². The maximum atomic E-state index is 9.38. The molecule has 5 aromatic rings. The van der Waals surface area contributed by atoms with Gasteiger partial charge in [0.15, 0.2) is 0 Å². The lowest BCUT2D eigenvalue weighted by atomic mass is 9.93. The van der Waals surface area contributed by atoms with Crippen molar-refractivity contribution in [1.82, 2.24) is 4.98 Å². The van der Waals surface area contributed by atoms with Crippen molar-refractivity contribution in [3.8, 4) is 28.5 Å². The number of rotatable bonds is 2. The van der Waals surface area contributed by atoms with Crippen LogP contribution in [0.15, 0.2) is 72.9 Å². The zero-order valence-electron chi connectivity index (χ0n) is 18.8. The molecule has 0 aliphatic heterocycles. The molecule has 5 rings (SSSR count). The van der Waals surface area contributed by atoms with Crippen LogP contribution in [0.2, 0.25) is 0 Å². The Kier molecular flexibility index (Phi) is 4.76. The average molecular weight is 413 g/mol. The molecule has 0 aliphatic rings. The molecular weight excluding hydrogens is 388 g/mol. The molecule has 2 nitrogen and oxygen atoms in total. The molecule has 0 saturated heterocycles. The van der Waals surface area contributed by atoms with Crippen LogP contribution in [-0.4, -0.2) is 4.98 Å². The molecule has 0 saturated carbocycles.